The number of carbonyl (C=O) groups excluding carboxylic acids is 1. The molecule has 1 unspecified atom stereocenters. The van der Waals surface area contributed by atoms with Gasteiger partial charge in [0.2, 0.25) is 0 Å². The molecule has 0 spiro atoms. The van der Waals surface area contributed by atoms with E-state index in [1.807, 2.05) is 40.8 Å². The van der Waals surface area contributed by atoms with Gasteiger partial charge in [-0.3, -0.25) is 9.48 Å². The van der Waals surface area contributed by atoms with E-state index in [0.717, 1.165) is 29.1 Å². The van der Waals surface area contributed by atoms with Crippen molar-refractivity contribution in [1.82, 2.24) is 14.7 Å². The molecule has 5 nitrogen and oxygen atoms in total. The molecule has 26 heavy (non-hydrogen) atoms. The molecule has 2 heterocycles. The van der Waals surface area contributed by atoms with Crippen molar-refractivity contribution >= 4 is 5.91 Å². The highest BCUT2D eigenvalue weighted by molar-refractivity contribution is 5.94. The molecule has 1 atom stereocenters. The Kier molecular flexibility index (Phi) is 5.19. The van der Waals surface area contributed by atoms with Crippen LogP contribution < -0.4 is 0 Å². The van der Waals surface area contributed by atoms with Crippen LogP contribution in [0.5, 0.6) is 0 Å². The Morgan fingerprint density at radius 3 is 2.54 bits per heavy atom. The van der Waals surface area contributed by atoms with Gasteiger partial charge in [0.25, 0.3) is 5.91 Å². The number of morpholine rings is 1. The number of rotatable bonds is 4. The molecular formula is C21H29N3O2. The highest BCUT2D eigenvalue weighted by Crippen LogP contribution is 2.26. The van der Waals surface area contributed by atoms with Gasteiger partial charge in [0.05, 0.1) is 31.0 Å². The van der Waals surface area contributed by atoms with Crippen molar-refractivity contribution in [2.24, 2.45) is 5.92 Å². The van der Waals surface area contributed by atoms with Crippen molar-refractivity contribution < 1.29 is 9.53 Å². The maximum atomic E-state index is 12.9. The third-order valence-electron chi connectivity index (χ3n) is 5.44. The number of carbonyl (C=O) groups is 1. The summed E-state index contributed by atoms with van der Waals surface area (Å²) in [6.45, 7) is 13.0. The van der Waals surface area contributed by atoms with E-state index in [1.54, 1.807) is 0 Å². The van der Waals surface area contributed by atoms with E-state index in [0.29, 0.717) is 25.6 Å². The van der Waals surface area contributed by atoms with Crippen molar-refractivity contribution in [3.05, 3.63) is 52.8 Å². The topological polar surface area (TPSA) is 47.4 Å². The van der Waals surface area contributed by atoms with Crippen molar-refractivity contribution in [3.8, 4) is 0 Å². The van der Waals surface area contributed by atoms with Crippen LogP contribution in [0.1, 0.15) is 48.1 Å². The van der Waals surface area contributed by atoms with E-state index >= 15 is 0 Å². The monoisotopic (exact) mass is 355 g/mol. The third kappa shape index (κ3) is 3.83. The summed E-state index contributed by atoms with van der Waals surface area (Å²) in [7, 11) is 0. The Bertz CT molecular complexity index is 779. The first kappa shape index (κ1) is 18.6. The summed E-state index contributed by atoms with van der Waals surface area (Å²) in [5.41, 5.74) is 3.76. The van der Waals surface area contributed by atoms with E-state index in [9.17, 15) is 4.79 Å². The minimum absolute atomic E-state index is 0.0813. The van der Waals surface area contributed by atoms with Gasteiger partial charge in [0.15, 0.2) is 0 Å². The van der Waals surface area contributed by atoms with Gasteiger partial charge in [-0.05, 0) is 50.5 Å². The summed E-state index contributed by atoms with van der Waals surface area (Å²) in [5.74, 6) is 0.444. The van der Waals surface area contributed by atoms with Crippen molar-refractivity contribution in [2.45, 2.75) is 46.8 Å². The molecule has 0 saturated carbocycles. The van der Waals surface area contributed by atoms with Crippen LogP contribution in [0.3, 0.4) is 0 Å². The number of ether oxygens (including phenoxy) is 1. The van der Waals surface area contributed by atoms with Crippen LogP contribution in [0.2, 0.25) is 0 Å². The van der Waals surface area contributed by atoms with Crippen LogP contribution in [0.25, 0.3) is 0 Å². The Labute approximate surface area is 156 Å². The predicted molar refractivity (Wildman–Crippen MR) is 102 cm³/mol. The maximum Gasteiger partial charge on any atom is 0.254 e. The van der Waals surface area contributed by atoms with Gasteiger partial charge < -0.3 is 9.64 Å². The molecule has 1 aromatic carbocycles. The maximum absolute atomic E-state index is 12.9. The van der Waals surface area contributed by atoms with Gasteiger partial charge >= 0.3 is 0 Å². The standard InChI is InChI=1S/C21H29N3O2/c1-15(2)21(5)14-23(10-11-26-21)20(25)19-8-6-18(7-9-19)13-24-17(4)12-16(3)22-24/h6-9,12,15H,10-11,13-14H2,1-5H3. The summed E-state index contributed by atoms with van der Waals surface area (Å²) in [6, 6.07) is 9.96. The second kappa shape index (κ2) is 7.23. The van der Waals surface area contributed by atoms with E-state index in [1.165, 1.54) is 0 Å². The normalized spacial score (nSPS) is 20.6. The number of aromatic nitrogens is 2. The van der Waals surface area contributed by atoms with Gasteiger partial charge in [-0.2, -0.15) is 5.10 Å². The highest BCUT2D eigenvalue weighted by atomic mass is 16.5. The molecule has 2 aromatic rings. The molecule has 140 valence electrons. The van der Waals surface area contributed by atoms with Crippen molar-refractivity contribution in [2.75, 3.05) is 19.7 Å². The van der Waals surface area contributed by atoms with Crippen LogP contribution in [0, 0.1) is 19.8 Å². The van der Waals surface area contributed by atoms with E-state index in [4.69, 9.17) is 4.74 Å². The smallest absolute Gasteiger partial charge is 0.254 e. The summed E-state index contributed by atoms with van der Waals surface area (Å²) >= 11 is 0. The lowest BCUT2D eigenvalue weighted by Gasteiger charge is -2.43. The van der Waals surface area contributed by atoms with Crippen LogP contribution in [0.4, 0.5) is 0 Å². The number of amides is 1. The van der Waals surface area contributed by atoms with Crippen LogP contribution in [-0.2, 0) is 11.3 Å². The van der Waals surface area contributed by atoms with Crippen molar-refractivity contribution in [3.63, 3.8) is 0 Å². The lowest BCUT2D eigenvalue weighted by molar-refractivity contribution is -0.113. The van der Waals surface area contributed by atoms with Crippen LogP contribution >= 0.6 is 0 Å². The van der Waals surface area contributed by atoms with E-state index in [2.05, 4.69) is 38.9 Å². The molecule has 0 bridgehead atoms. The predicted octanol–water partition coefficient (Wildman–Crippen LogP) is 3.44. The quantitative estimate of drug-likeness (QED) is 0.844. The zero-order valence-corrected chi connectivity index (χ0v) is 16.5. The van der Waals surface area contributed by atoms with E-state index < -0.39 is 0 Å². The van der Waals surface area contributed by atoms with Gasteiger partial charge in [0, 0.05) is 17.8 Å². The van der Waals surface area contributed by atoms with Gasteiger partial charge in [-0.15, -0.1) is 0 Å². The molecule has 1 fully saturated rings. The first-order valence-corrected chi connectivity index (χ1v) is 9.32. The number of benzene rings is 1. The second-order valence-corrected chi connectivity index (χ2v) is 7.82. The number of aryl methyl sites for hydroxylation is 2. The minimum Gasteiger partial charge on any atom is -0.371 e. The summed E-state index contributed by atoms with van der Waals surface area (Å²) in [5, 5.41) is 4.50. The van der Waals surface area contributed by atoms with Crippen LogP contribution in [0.15, 0.2) is 30.3 Å². The zero-order chi connectivity index (χ0) is 18.9. The summed E-state index contributed by atoms with van der Waals surface area (Å²) in [4.78, 5) is 14.8. The second-order valence-electron chi connectivity index (χ2n) is 7.82. The molecule has 1 saturated heterocycles. The Hall–Kier alpha value is -2.14. The van der Waals surface area contributed by atoms with E-state index in [-0.39, 0.29) is 11.5 Å². The van der Waals surface area contributed by atoms with Gasteiger partial charge in [-0.25, -0.2) is 0 Å². The Morgan fingerprint density at radius 2 is 1.96 bits per heavy atom. The highest BCUT2D eigenvalue weighted by Gasteiger charge is 2.36. The summed E-state index contributed by atoms with van der Waals surface area (Å²) < 4.78 is 7.93. The first-order chi connectivity index (χ1) is 12.3. The number of hydrogen-bond acceptors (Lipinski definition) is 3. The fourth-order valence-electron chi connectivity index (χ4n) is 3.36. The van der Waals surface area contributed by atoms with Crippen molar-refractivity contribution in [1.29, 1.82) is 0 Å². The fraction of sp³-hybridized carbons (Fsp3) is 0.524. The Morgan fingerprint density at radius 1 is 1.27 bits per heavy atom. The van der Waals surface area contributed by atoms with Crippen LogP contribution in [-0.4, -0.2) is 45.9 Å². The molecule has 1 aliphatic rings. The van der Waals surface area contributed by atoms with Gasteiger partial charge in [-0.1, -0.05) is 26.0 Å². The molecule has 0 N–H and O–H groups in total. The molecular weight excluding hydrogens is 326 g/mol. The molecule has 0 radical (unpaired) electrons. The largest absolute Gasteiger partial charge is 0.371 e. The van der Waals surface area contributed by atoms with Gasteiger partial charge in [0.1, 0.15) is 0 Å². The molecule has 3 rings (SSSR count). The fourth-order valence-corrected chi connectivity index (χ4v) is 3.36. The average molecular weight is 355 g/mol. The SMILES string of the molecule is Cc1cc(C)n(Cc2ccc(C(=O)N3CCOC(C)(C(C)C)C3)cc2)n1. The average Bonchev–Trinajstić information content (AvgIpc) is 2.92. The lowest BCUT2D eigenvalue weighted by Crippen LogP contribution is -2.54. The number of nitrogens with zero attached hydrogens (tertiary/aromatic N) is 3. The molecule has 1 aromatic heterocycles. The molecule has 5 heteroatoms. The zero-order valence-electron chi connectivity index (χ0n) is 16.5. The molecule has 0 aliphatic carbocycles. The third-order valence-corrected chi connectivity index (χ3v) is 5.44. The molecule has 1 amide bonds. The lowest BCUT2D eigenvalue weighted by atomic mass is 9.90. The molecule has 1 aliphatic heterocycles. The number of hydrogen-bond donors (Lipinski definition) is 0. The Balaban J connectivity index is 1.70. The minimum atomic E-state index is -0.274. The summed E-state index contributed by atoms with van der Waals surface area (Å²) in [6.07, 6.45) is 0. The first-order valence-electron chi connectivity index (χ1n) is 9.32.